The summed E-state index contributed by atoms with van der Waals surface area (Å²) in [4.78, 5) is 9.96. The van der Waals surface area contributed by atoms with Crippen molar-refractivity contribution in [1.82, 2.24) is 4.31 Å². The van der Waals surface area contributed by atoms with Crippen LogP contribution in [-0.2, 0) is 10.0 Å². The maximum Gasteiger partial charge on any atom is 0.293 e. The summed E-state index contributed by atoms with van der Waals surface area (Å²) in [6.45, 7) is 2.88. The first-order valence-electron chi connectivity index (χ1n) is 5.91. The quantitative estimate of drug-likeness (QED) is 0.447. The number of likely N-dealkylation sites (N-methyl/N-ethyl adjacent to an activating group) is 1. The minimum absolute atomic E-state index is 0.0730. The molecule has 20 heavy (non-hydrogen) atoms. The molecule has 1 aromatic carbocycles. The van der Waals surface area contributed by atoms with Crippen LogP contribution in [0.5, 0.6) is 0 Å². The molecule has 0 heterocycles. The molecule has 0 radical (unpaired) electrons. The van der Waals surface area contributed by atoms with Crippen molar-refractivity contribution >= 4 is 21.4 Å². The predicted octanol–water partition coefficient (Wildman–Crippen LogP) is 0.488. The van der Waals surface area contributed by atoms with Gasteiger partial charge in [-0.25, -0.2) is 8.42 Å². The lowest BCUT2D eigenvalue weighted by Crippen LogP contribution is -2.33. The molecule has 0 aliphatic heterocycles. The van der Waals surface area contributed by atoms with Crippen molar-refractivity contribution in [3.05, 3.63) is 27.8 Å². The number of hydrogen-bond donors (Lipinski definition) is 2. The number of aliphatic hydroxyl groups is 1. The molecule has 0 saturated carbocycles. The SMILES string of the molecule is CCN(CCO)S(=O)(=O)c1cc([N+](=O)[O-])c(N)cc1C. The van der Waals surface area contributed by atoms with Crippen LogP contribution in [-0.4, -0.2) is 42.4 Å². The van der Waals surface area contributed by atoms with E-state index < -0.39 is 20.6 Å². The molecule has 0 amide bonds. The second kappa shape index (κ2) is 6.16. The molecule has 0 bridgehead atoms. The van der Waals surface area contributed by atoms with Crippen molar-refractivity contribution in [3.8, 4) is 0 Å². The molecule has 3 N–H and O–H groups in total. The first-order chi connectivity index (χ1) is 9.25. The van der Waals surface area contributed by atoms with Gasteiger partial charge >= 0.3 is 0 Å². The average Bonchev–Trinajstić information content (AvgIpc) is 2.34. The fraction of sp³-hybridized carbons (Fsp3) is 0.455. The normalized spacial score (nSPS) is 11.8. The van der Waals surface area contributed by atoms with Crippen LogP contribution in [0.2, 0.25) is 0 Å². The zero-order valence-corrected chi connectivity index (χ0v) is 12.1. The van der Waals surface area contributed by atoms with E-state index in [0.29, 0.717) is 5.56 Å². The van der Waals surface area contributed by atoms with Crippen LogP contribution in [0.15, 0.2) is 17.0 Å². The molecule has 112 valence electrons. The largest absolute Gasteiger partial charge is 0.395 e. The molecule has 0 saturated heterocycles. The van der Waals surface area contributed by atoms with Crippen molar-refractivity contribution in [1.29, 1.82) is 0 Å². The Labute approximate surface area is 117 Å². The first kappa shape index (κ1) is 16.3. The van der Waals surface area contributed by atoms with Crippen LogP contribution in [0.3, 0.4) is 0 Å². The van der Waals surface area contributed by atoms with E-state index in [9.17, 15) is 18.5 Å². The van der Waals surface area contributed by atoms with Crippen molar-refractivity contribution in [2.24, 2.45) is 0 Å². The van der Waals surface area contributed by atoms with Gasteiger partial charge in [-0.2, -0.15) is 4.31 Å². The van der Waals surface area contributed by atoms with E-state index in [4.69, 9.17) is 10.8 Å². The van der Waals surface area contributed by atoms with E-state index in [-0.39, 0.29) is 30.3 Å². The molecule has 0 fully saturated rings. The molecule has 0 unspecified atom stereocenters. The second-order valence-electron chi connectivity index (χ2n) is 4.15. The lowest BCUT2D eigenvalue weighted by molar-refractivity contribution is -0.384. The van der Waals surface area contributed by atoms with Gasteiger partial charge in [0.25, 0.3) is 5.69 Å². The van der Waals surface area contributed by atoms with Gasteiger partial charge in [0.15, 0.2) is 0 Å². The average molecular weight is 303 g/mol. The molecule has 1 rings (SSSR count). The van der Waals surface area contributed by atoms with Gasteiger partial charge in [-0.1, -0.05) is 6.92 Å². The summed E-state index contributed by atoms with van der Waals surface area (Å²) in [5.41, 5.74) is 5.30. The summed E-state index contributed by atoms with van der Waals surface area (Å²) in [6.07, 6.45) is 0. The smallest absolute Gasteiger partial charge is 0.293 e. The third kappa shape index (κ3) is 3.06. The van der Waals surface area contributed by atoms with Crippen LogP contribution in [0, 0.1) is 17.0 Å². The van der Waals surface area contributed by atoms with Crippen LogP contribution in [0.25, 0.3) is 0 Å². The zero-order chi connectivity index (χ0) is 15.5. The topological polar surface area (TPSA) is 127 Å². The molecule has 0 aliphatic carbocycles. The van der Waals surface area contributed by atoms with Gasteiger partial charge in [0.2, 0.25) is 10.0 Å². The maximum atomic E-state index is 12.4. The number of nitro groups is 1. The third-order valence-electron chi connectivity index (χ3n) is 2.84. The highest BCUT2D eigenvalue weighted by Gasteiger charge is 2.27. The molecular weight excluding hydrogens is 286 g/mol. The molecule has 0 atom stereocenters. The number of nitro benzene ring substituents is 1. The Balaban J connectivity index is 3.45. The van der Waals surface area contributed by atoms with Crippen LogP contribution in [0.1, 0.15) is 12.5 Å². The Kier molecular flexibility index (Phi) is 5.03. The predicted molar refractivity (Wildman–Crippen MR) is 73.8 cm³/mol. The number of rotatable bonds is 6. The lowest BCUT2D eigenvalue weighted by atomic mass is 10.2. The molecule has 0 spiro atoms. The van der Waals surface area contributed by atoms with Gasteiger partial charge in [0, 0.05) is 19.2 Å². The van der Waals surface area contributed by atoms with E-state index in [0.717, 1.165) is 10.4 Å². The highest BCUT2D eigenvalue weighted by molar-refractivity contribution is 7.89. The van der Waals surface area contributed by atoms with Gasteiger partial charge < -0.3 is 10.8 Å². The van der Waals surface area contributed by atoms with E-state index in [2.05, 4.69) is 0 Å². The Morgan fingerprint density at radius 3 is 2.50 bits per heavy atom. The standard InChI is InChI=1S/C11H17N3O5S/c1-3-13(4-5-15)20(18,19)11-7-10(14(16)17)9(12)6-8(11)2/h6-7,15H,3-5,12H2,1-2H3. The Morgan fingerprint density at radius 2 is 2.05 bits per heavy atom. The van der Waals surface area contributed by atoms with Gasteiger partial charge in [0.05, 0.1) is 16.4 Å². The van der Waals surface area contributed by atoms with E-state index in [1.54, 1.807) is 6.92 Å². The van der Waals surface area contributed by atoms with E-state index in [1.165, 1.54) is 13.0 Å². The van der Waals surface area contributed by atoms with Gasteiger partial charge in [0.1, 0.15) is 5.69 Å². The second-order valence-corrected chi connectivity index (χ2v) is 6.06. The number of aliphatic hydroxyl groups excluding tert-OH is 1. The fourth-order valence-corrected chi connectivity index (χ4v) is 3.50. The molecule has 0 aromatic heterocycles. The van der Waals surface area contributed by atoms with Crippen molar-refractivity contribution < 1.29 is 18.4 Å². The highest BCUT2D eigenvalue weighted by atomic mass is 32.2. The summed E-state index contributed by atoms with van der Waals surface area (Å²) in [5, 5.41) is 19.8. The highest BCUT2D eigenvalue weighted by Crippen LogP contribution is 2.29. The number of nitrogens with zero attached hydrogens (tertiary/aromatic N) is 2. The van der Waals surface area contributed by atoms with Gasteiger partial charge in [-0.3, -0.25) is 10.1 Å². The molecule has 8 nitrogen and oxygen atoms in total. The fourth-order valence-electron chi connectivity index (χ4n) is 1.83. The van der Waals surface area contributed by atoms with E-state index in [1.807, 2.05) is 0 Å². The van der Waals surface area contributed by atoms with Crippen LogP contribution < -0.4 is 5.73 Å². The minimum atomic E-state index is -3.90. The van der Waals surface area contributed by atoms with Gasteiger partial charge in [-0.05, 0) is 18.6 Å². The Morgan fingerprint density at radius 1 is 1.45 bits per heavy atom. The summed E-state index contributed by atoms with van der Waals surface area (Å²) < 4.78 is 25.9. The minimum Gasteiger partial charge on any atom is -0.395 e. The molecule has 1 aromatic rings. The molecule has 9 heteroatoms. The number of nitrogens with two attached hydrogens (primary N) is 1. The van der Waals surface area contributed by atoms with Gasteiger partial charge in [-0.15, -0.1) is 0 Å². The number of nitrogen functional groups attached to an aromatic ring is 1. The van der Waals surface area contributed by atoms with Crippen molar-refractivity contribution in [2.45, 2.75) is 18.7 Å². The zero-order valence-electron chi connectivity index (χ0n) is 11.2. The summed E-state index contributed by atoms with van der Waals surface area (Å²) in [7, 11) is -3.90. The Hall–Kier alpha value is -1.71. The summed E-state index contributed by atoms with van der Waals surface area (Å²) in [5.74, 6) is 0. The van der Waals surface area contributed by atoms with Crippen molar-refractivity contribution in [2.75, 3.05) is 25.4 Å². The maximum absolute atomic E-state index is 12.4. The number of benzene rings is 1. The van der Waals surface area contributed by atoms with Crippen LogP contribution in [0.4, 0.5) is 11.4 Å². The number of sulfonamides is 1. The summed E-state index contributed by atoms with van der Waals surface area (Å²) in [6, 6.07) is 2.22. The number of anilines is 1. The number of aryl methyl sites for hydroxylation is 1. The van der Waals surface area contributed by atoms with Crippen molar-refractivity contribution in [3.63, 3.8) is 0 Å². The Bertz CT molecular complexity index is 615. The first-order valence-corrected chi connectivity index (χ1v) is 7.35. The monoisotopic (exact) mass is 303 g/mol. The van der Waals surface area contributed by atoms with Crippen LogP contribution >= 0.6 is 0 Å². The summed E-state index contributed by atoms with van der Waals surface area (Å²) >= 11 is 0. The number of hydrogen-bond acceptors (Lipinski definition) is 6. The molecule has 0 aliphatic rings. The van der Waals surface area contributed by atoms with E-state index >= 15 is 0 Å². The molecular formula is C11H17N3O5S. The lowest BCUT2D eigenvalue weighted by Gasteiger charge is -2.20. The third-order valence-corrected chi connectivity index (χ3v) is 4.96.